The highest BCUT2D eigenvalue weighted by molar-refractivity contribution is 6.00. The maximum absolute atomic E-state index is 13.5. The minimum Gasteiger partial charge on any atom is -0.342 e. The highest BCUT2D eigenvalue weighted by Crippen LogP contribution is 2.35. The van der Waals surface area contributed by atoms with Gasteiger partial charge in [-0.15, -0.1) is 0 Å². The highest BCUT2D eigenvalue weighted by Gasteiger charge is 2.53. The molecule has 3 rings (SSSR count). The Labute approximate surface area is 194 Å². The van der Waals surface area contributed by atoms with Crippen molar-refractivity contribution >= 4 is 11.8 Å². The highest BCUT2D eigenvalue weighted by atomic mass is 16.2. The molecule has 0 aromatic heterocycles. The molecule has 1 N–H and O–H groups in total. The van der Waals surface area contributed by atoms with Gasteiger partial charge in [0.15, 0.2) is 0 Å². The molecule has 1 aromatic carbocycles. The molecule has 2 aliphatic rings. The molecule has 2 fully saturated rings. The standard InChI is InChI=1S/C27H43N3O2/c1-5-22(4)20-30-25(31)24(19-21(2)3)28-26(32)27(30)14-17-29(18-15-27)16-10-9-13-23-11-7-6-8-12-23/h6-8,11-12,21-22,24H,5,9-10,13-20H2,1-4H3,(H,28,32)/t22?,24-/m0/s1. The van der Waals surface area contributed by atoms with Crippen molar-refractivity contribution in [1.82, 2.24) is 15.1 Å². The smallest absolute Gasteiger partial charge is 0.246 e. The van der Waals surface area contributed by atoms with Crippen LogP contribution in [-0.4, -0.2) is 59.4 Å². The normalized spacial score (nSPS) is 22.4. The number of aryl methyl sites for hydroxylation is 1. The fourth-order valence-electron chi connectivity index (χ4n) is 5.17. The van der Waals surface area contributed by atoms with Gasteiger partial charge in [-0.2, -0.15) is 0 Å². The number of amides is 2. The van der Waals surface area contributed by atoms with Crippen LogP contribution in [-0.2, 0) is 16.0 Å². The second kappa shape index (κ2) is 11.3. The van der Waals surface area contributed by atoms with Crippen molar-refractivity contribution in [1.29, 1.82) is 0 Å². The van der Waals surface area contributed by atoms with E-state index in [1.54, 1.807) is 0 Å². The van der Waals surface area contributed by atoms with E-state index in [1.165, 1.54) is 18.4 Å². The summed E-state index contributed by atoms with van der Waals surface area (Å²) < 4.78 is 0. The molecule has 0 aliphatic carbocycles. The lowest BCUT2D eigenvalue weighted by atomic mass is 9.80. The summed E-state index contributed by atoms with van der Waals surface area (Å²) in [5, 5.41) is 3.12. The number of unbranched alkanes of at least 4 members (excludes halogenated alkanes) is 1. The van der Waals surface area contributed by atoms with Crippen LogP contribution in [0.1, 0.15) is 71.8 Å². The molecule has 1 spiro atoms. The van der Waals surface area contributed by atoms with Crippen LogP contribution in [0.5, 0.6) is 0 Å². The zero-order valence-corrected chi connectivity index (χ0v) is 20.6. The van der Waals surface area contributed by atoms with Crippen LogP contribution < -0.4 is 5.32 Å². The molecule has 178 valence electrons. The van der Waals surface area contributed by atoms with Crippen LogP contribution in [0.4, 0.5) is 0 Å². The third-order valence-electron chi connectivity index (χ3n) is 7.42. The summed E-state index contributed by atoms with van der Waals surface area (Å²) >= 11 is 0. The monoisotopic (exact) mass is 441 g/mol. The van der Waals surface area contributed by atoms with Gasteiger partial charge in [0.1, 0.15) is 11.6 Å². The van der Waals surface area contributed by atoms with Crippen LogP contribution in [0.2, 0.25) is 0 Å². The molecule has 1 unspecified atom stereocenters. The van der Waals surface area contributed by atoms with Gasteiger partial charge in [-0.3, -0.25) is 9.59 Å². The van der Waals surface area contributed by atoms with Gasteiger partial charge in [-0.05, 0) is 62.5 Å². The van der Waals surface area contributed by atoms with E-state index >= 15 is 0 Å². The second-order valence-electron chi connectivity index (χ2n) is 10.4. The van der Waals surface area contributed by atoms with Crippen molar-refractivity contribution in [3.05, 3.63) is 35.9 Å². The molecular weight excluding hydrogens is 398 g/mol. The van der Waals surface area contributed by atoms with Crippen molar-refractivity contribution in [2.24, 2.45) is 11.8 Å². The van der Waals surface area contributed by atoms with Gasteiger partial charge >= 0.3 is 0 Å². The number of piperazine rings is 1. The molecule has 2 heterocycles. The Kier molecular flexibility index (Phi) is 8.75. The number of nitrogens with zero attached hydrogens (tertiary/aromatic N) is 2. The van der Waals surface area contributed by atoms with Gasteiger partial charge in [-0.1, -0.05) is 64.4 Å². The molecule has 2 aliphatic heterocycles. The number of nitrogens with one attached hydrogen (secondary N) is 1. The molecule has 5 heteroatoms. The maximum Gasteiger partial charge on any atom is 0.246 e. The quantitative estimate of drug-likeness (QED) is 0.552. The predicted molar refractivity (Wildman–Crippen MR) is 130 cm³/mol. The Balaban J connectivity index is 1.59. The Morgan fingerprint density at radius 1 is 1.06 bits per heavy atom. The van der Waals surface area contributed by atoms with Gasteiger partial charge in [-0.25, -0.2) is 0 Å². The Morgan fingerprint density at radius 2 is 1.75 bits per heavy atom. The number of carbonyl (C=O) groups is 2. The number of hydrogen-bond donors (Lipinski definition) is 1. The molecule has 2 saturated heterocycles. The Hall–Kier alpha value is -1.88. The fourth-order valence-corrected chi connectivity index (χ4v) is 5.17. The molecule has 32 heavy (non-hydrogen) atoms. The number of hydrogen-bond acceptors (Lipinski definition) is 3. The van der Waals surface area contributed by atoms with Gasteiger partial charge in [0.05, 0.1) is 0 Å². The van der Waals surface area contributed by atoms with Crippen LogP contribution in [0.25, 0.3) is 0 Å². The zero-order chi connectivity index (χ0) is 23.1. The maximum atomic E-state index is 13.5. The summed E-state index contributed by atoms with van der Waals surface area (Å²) in [5.41, 5.74) is 0.744. The number of likely N-dealkylation sites (tertiary alicyclic amines) is 1. The van der Waals surface area contributed by atoms with Gasteiger partial charge in [0.25, 0.3) is 0 Å². The molecule has 1 aromatic rings. The summed E-state index contributed by atoms with van der Waals surface area (Å²) in [4.78, 5) is 31.3. The average Bonchev–Trinajstić information content (AvgIpc) is 2.79. The summed E-state index contributed by atoms with van der Waals surface area (Å²) in [5.74, 6) is 0.989. The van der Waals surface area contributed by atoms with Crippen LogP contribution in [0, 0.1) is 11.8 Å². The first kappa shape index (κ1) is 24.8. The van der Waals surface area contributed by atoms with Gasteiger partial charge < -0.3 is 15.1 Å². The summed E-state index contributed by atoms with van der Waals surface area (Å²) in [6.45, 7) is 12.1. The number of benzene rings is 1. The van der Waals surface area contributed by atoms with Crippen molar-refractivity contribution in [3.63, 3.8) is 0 Å². The van der Waals surface area contributed by atoms with Gasteiger partial charge in [0.2, 0.25) is 11.8 Å². The third-order valence-corrected chi connectivity index (χ3v) is 7.42. The van der Waals surface area contributed by atoms with E-state index in [0.717, 1.165) is 45.3 Å². The van der Waals surface area contributed by atoms with E-state index in [0.29, 0.717) is 24.8 Å². The topological polar surface area (TPSA) is 52.7 Å². The van der Waals surface area contributed by atoms with Gasteiger partial charge in [0, 0.05) is 19.6 Å². The van der Waals surface area contributed by atoms with E-state index in [2.05, 4.69) is 68.2 Å². The second-order valence-corrected chi connectivity index (χ2v) is 10.4. The van der Waals surface area contributed by atoms with E-state index in [-0.39, 0.29) is 17.9 Å². The van der Waals surface area contributed by atoms with E-state index in [4.69, 9.17) is 0 Å². The summed E-state index contributed by atoms with van der Waals surface area (Å²) in [6, 6.07) is 10.3. The molecule has 2 amide bonds. The van der Waals surface area contributed by atoms with Crippen molar-refractivity contribution in [2.75, 3.05) is 26.2 Å². The first-order valence-electron chi connectivity index (χ1n) is 12.7. The molecule has 0 saturated carbocycles. The van der Waals surface area contributed by atoms with Crippen LogP contribution in [0.3, 0.4) is 0 Å². The van der Waals surface area contributed by atoms with E-state index < -0.39 is 5.54 Å². The lowest BCUT2D eigenvalue weighted by molar-refractivity contribution is -0.162. The minimum atomic E-state index is -0.658. The minimum absolute atomic E-state index is 0.0785. The molecule has 5 nitrogen and oxygen atoms in total. The van der Waals surface area contributed by atoms with Crippen molar-refractivity contribution < 1.29 is 9.59 Å². The zero-order valence-electron chi connectivity index (χ0n) is 20.6. The first-order valence-corrected chi connectivity index (χ1v) is 12.7. The van der Waals surface area contributed by atoms with Crippen molar-refractivity contribution in [2.45, 2.75) is 84.2 Å². The lowest BCUT2D eigenvalue weighted by Crippen LogP contribution is -2.73. The fraction of sp³-hybridized carbons (Fsp3) is 0.704. The first-order chi connectivity index (χ1) is 15.4. The molecule has 2 atom stereocenters. The number of rotatable bonds is 10. The Bertz CT molecular complexity index is 741. The summed E-state index contributed by atoms with van der Waals surface area (Å²) in [6.07, 6.45) is 6.69. The molecule has 0 radical (unpaired) electrons. The molecular formula is C27H43N3O2. The van der Waals surface area contributed by atoms with E-state index in [9.17, 15) is 9.59 Å². The summed E-state index contributed by atoms with van der Waals surface area (Å²) in [7, 11) is 0. The number of carbonyl (C=O) groups excluding carboxylic acids is 2. The van der Waals surface area contributed by atoms with Crippen molar-refractivity contribution in [3.8, 4) is 0 Å². The Morgan fingerprint density at radius 3 is 2.38 bits per heavy atom. The average molecular weight is 442 g/mol. The largest absolute Gasteiger partial charge is 0.342 e. The predicted octanol–water partition coefficient (Wildman–Crippen LogP) is 4.26. The van der Waals surface area contributed by atoms with E-state index in [1.807, 2.05) is 4.90 Å². The lowest BCUT2D eigenvalue weighted by Gasteiger charge is -2.52. The van der Waals surface area contributed by atoms with Crippen LogP contribution >= 0.6 is 0 Å². The molecule has 0 bridgehead atoms. The SMILES string of the molecule is CCC(C)CN1C(=O)[C@H](CC(C)C)NC(=O)C12CCN(CCCCc1ccccc1)CC2. The number of piperidine rings is 1. The third kappa shape index (κ3) is 5.92. The van der Waals surface area contributed by atoms with Crippen LogP contribution in [0.15, 0.2) is 30.3 Å².